The lowest BCUT2D eigenvalue weighted by Crippen LogP contribution is -2.33. The van der Waals surface area contributed by atoms with Crippen LogP contribution in [0, 0.1) is 0 Å². The van der Waals surface area contributed by atoms with Crippen molar-refractivity contribution in [2.45, 2.75) is 12.3 Å². The quantitative estimate of drug-likeness (QED) is 0.715. The zero-order valence-electron chi connectivity index (χ0n) is 8.43. The lowest BCUT2D eigenvalue weighted by Gasteiger charge is -2.21. The highest BCUT2D eigenvalue weighted by Crippen LogP contribution is 2.20. The highest BCUT2D eigenvalue weighted by Gasteiger charge is 2.24. The number of benzene rings is 1. The van der Waals surface area contributed by atoms with Crippen LogP contribution in [-0.4, -0.2) is 23.9 Å². The van der Waals surface area contributed by atoms with E-state index in [9.17, 15) is 9.59 Å². The summed E-state index contributed by atoms with van der Waals surface area (Å²) < 4.78 is 0. The molecule has 0 amide bonds. The summed E-state index contributed by atoms with van der Waals surface area (Å²) in [6.45, 7) is 1.92. The van der Waals surface area contributed by atoms with E-state index in [1.54, 1.807) is 19.1 Å². The standard InChI is InChI=1S/C11H13NO3/c1-11(6-12,7-13)9-4-2-8(3-5-9)10(14)15/h2-5,7H,6,12H2,1H3,(H,14,15). The number of carbonyl (C=O) groups is 2. The lowest BCUT2D eigenvalue weighted by molar-refractivity contribution is -0.111. The number of carbonyl (C=O) groups excluding carboxylic acids is 1. The fraction of sp³-hybridized carbons (Fsp3) is 0.273. The molecule has 0 saturated heterocycles. The molecule has 1 rings (SSSR count). The van der Waals surface area contributed by atoms with Gasteiger partial charge in [0.25, 0.3) is 0 Å². The Kier molecular flexibility index (Phi) is 3.21. The second-order valence-electron chi connectivity index (χ2n) is 3.62. The third kappa shape index (κ3) is 2.22. The second-order valence-corrected chi connectivity index (χ2v) is 3.62. The van der Waals surface area contributed by atoms with E-state index in [2.05, 4.69) is 0 Å². The third-order valence-electron chi connectivity index (χ3n) is 2.48. The van der Waals surface area contributed by atoms with Crippen molar-refractivity contribution in [3.63, 3.8) is 0 Å². The predicted octanol–water partition coefficient (Wildman–Crippen LogP) is 0.800. The summed E-state index contributed by atoms with van der Waals surface area (Å²) in [7, 11) is 0. The molecule has 0 fully saturated rings. The van der Waals surface area contributed by atoms with Gasteiger partial charge < -0.3 is 15.6 Å². The van der Waals surface area contributed by atoms with Crippen LogP contribution in [0.4, 0.5) is 0 Å². The summed E-state index contributed by atoms with van der Waals surface area (Å²) in [6.07, 6.45) is 0.781. The van der Waals surface area contributed by atoms with Gasteiger partial charge in [-0.25, -0.2) is 4.79 Å². The van der Waals surface area contributed by atoms with Crippen molar-refractivity contribution in [1.29, 1.82) is 0 Å². The molecule has 1 aromatic carbocycles. The summed E-state index contributed by atoms with van der Waals surface area (Å²) in [5.74, 6) is -0.984. The van der Waals surface area contributed by atoms with Crippen molar-refractivity contribution < 1.29 is 14.7 Å². The van der Waals surface area contributed by atoms with Gasteiger partial charge in [0.2, 0.25) is 0 Å². The fourth-order valence-corrected chi connectivity index (χ4v) is 1.23. The Bertz CT molecular complexity index is 372. The number of carboxylic acids is 1. The molecule has 0 heterocycles. The van der Waals surface area contributed by atoms with Crippen molar-refractivity contribution in [2.75, 3.05) is 6.54 Å². The number of aldehydes is 1. The summed E-state index contributed by atoms with van der Waals surface area (Å²) in [4.78, 5) is 21.5. The van der Waals surface area contributed by atoms with E-state index >= 15 is 0 Å². The van der Waals surface area contributed by atoms with E-state index in [0.717, 1.165) is 11.8 Å². The number of rotatable bonds is 4. The highest BCUT2D eigenvalue weighted by atomic mass is 16.4. The SMILES string of the molecule is CC(C=O)(CN)c1ccc(C(=O)O)cc1. The molecule has 0 aliphatic carbocycles. The molecule has 1 atom stereocenters. The molecule has 0 spiro atoms. The minimum absolute atomic E-state index is 0.197. The maximum atomic E-state index is 10.9. The van der Waals surface area contributed by atoms with Gasteiger partial charge in [0.05, 0.1) is 11.0 Å². The summed E-state index contributed by atoms with van der Waals surface area (Å²) in [6, 6.07) is 6.17. The molecular weight excluding hydrogens is 194 g/mol. The maximum Gasteiger partial charge on any atom is 0.335 e. The van der Waals surface area contributed by atoms with Crippen molar-refractivity contribution in [3.8, 4) is 0 Å². The monoisotopic (exact) mass is 207 g/mol. The molecule has 0 saturated carbocycles. The molecule has 3 N–H and O–H groups in total. The zero-order chi connectivity index (χ0) is 11.5. The second kappa shape index (κ2) is 4.23. The normalized spacial score (nSPS) is 14.3. The van der Waals surface area contributed by atoms with Crippen LogP contribution in [0.15, 0.2) is 24.3 Å². The molecule has 1 aromatic rings. The maximum absolute atomic E-state index is 10.9. The van der Waals surface area contributed by atoms with Gasteiger partial charge >= 0.3 is 5.97 Å². The fourth-order valence-electron chi connectivity index (χ4n) is 1.23. The summed E-state index contributed by atoms with van der Waals surface area (Å²) >= 11 is 0. The predicted molar refractivity (Wildman–Crippen MR) is 55.9 cm³/mol. The first-order valence-corrected chi connectivity index (χ1v) is 4.54. The van der Waals surface area contributed by atoms with Crippen LogP contribution in [0.5, 0.6) is 0 Å². The van der Waals surface area contributed by atoms with Crippen LogP contribution in [0.2, 0.25) is 0 Å². The average Bonchev–Trinajstić information content (AvgIpc) is 2.28. The molecular formula is C11H13NO3. The first kappa shape index (κ1) is 11.4. The van der Waals surface area contributed by atoms with Gasteiger partial charge in [0.15, 0.2) is 0 Å². The Morgan fingerprint density at radius 2 is 2.00 bits per heavy atom. The van der Waals surface area contributed by atoms with E-state index in [0.29, 0.717) is 0 Å². The average molecular weight is 207 g/mol. The van der Waals surface area contributed by atoms with E-state index in [4.69, 9.17) is 10.8 Å². The van der Waals surface area contributed by atoms with Crippen LogP contribution >= 0.6 is 0 Å². The van der Waals surface area contributed by atoms with Gasteiger partial charge in [-0.15, -0.1) is 0 Å². The van der Waals surface area contributed by atoms with E-state index in [-0.39, 0.29) is 12.1 Å². The van der Waals surface area contributed by atoms with E-state index in [1.807, 2.05) is 0 Å². The van der Waals surface area contributed by atoms with Crippen molar-refractivity contribution in [3.05, 3.63) is 35.4 Å². The van der Waals surface area contributed by atoms with Gasteiger partial charge in [-0.1, -0.05) is 12.1 Å². The molecule has 80 valence electrons. The zero-order valence-corrected chi connectivity index (χ0v) is 8.43. The topological polar surface area (TPSA) is 80.4 Å². The molecule has 4 nitrogen and oxygen atoms in total. The van der Waals surface area contributed by atoms with Crippen LogP contribution in [0.1, 0.15) is 22.8 Å². The van der Waals surface area contributed by atoms with Gasteiger partial charge in [0.1, 0.15) is 6.29 Å². The Morgan fingerprint density at radius 1 is 1.47 bits per heavy atom. The van der Waals surface area contributed by atoms with E-state index < -0.39 is 11.4 Å². The molecule has 0 radical (unpaired) electrons. The van der Waals surface area contributed by atoms with Gasteiger partial charge in [-0.05, 0) is 24.6 Å². The van der Waals surface area contributed by atoms with Crippen LogP contribution in [0.25, 0.3) is 0 Å². The summed E-state index contributed by atoms with van der Waals surface area (Å²) in [5.41, 5.74) is 5.69. The van der Waals surface area contributed by atoms with Gasteiger partial charge in [-0.3, -0.25) is 0 Å². The van der Waals surface area contributed by atoms with Gasteiger partial charge in [0, 0.05) is 6.54 Å². The minimum atomic E-state index is -0.984. The van der Waals surface area contributed by atoms with Crippen molar-refractivity contribution in [2.24, 2.45) is 5.73 Å². The number of aromatic carboxylic acids is 1. The Labute approximate surface area is 87.7 Å². The molecule has 4 heteroatoms. The van der Waals surface area contributed by atoms with Crippen molar-refractivity contribution >= 4 is 12.3 Å². The van der Waals surface area contributed by atoms with Crippen molar-refractivity contribution in [1.82, 2.24) is 0 Å². The Hall–Kier alpha value is -1.68. The Morgan fingerprint density at radius 3 is 2.33 bits per heavy atom. The number of hydrogen-bond acceptors (Lipinski definition) is 3. The Balaban J connectivity index is 3.07. The highest BCUT2D eigenvalue weighted by molar-refractivity contribution is 5.87. The van der Waals surface area contributed by atoms with Crippen LogP contribution in [-0.2, 0) is 10.2 Å². The van der Waals surface area contributed by atoms with E-state index in [1.165, 1.54) is 12.1 Å². The lowest BCUT2D eigenvalue weighted by atomic mass is 9.84. The number of nitrogens with two attached hydrogens (primary N) is 1. The first-order valence-electron chi connectivity index (χ1n) is 4.54. The molecule has 1 unspecified atom stereocenters. The summed E-state index contributed by atoms with van der Waals surface area (Å²) in [5, 5.41) is 8.70. The minimum Gasteiger partial charge on any atom is -0.478 e. The molecule has 15 heavy (non-hydrogen) atoms. The number of hydrogen-bond donors (Lipinski definition) is 2. The molecule has 0 aromatic heterocycles. The van der Waals surface area contributed by atoms with Crippen LogP contribution in [0.3, 0.4) is 0 Å². The molecule has 0 bridgehead atoms. The smallest absolute Gasteiger partial charge is 0.335 e. The first-order chi connectivity index (χ1) is 7.03. The molecule has 0 aliphatic heterocycles. The number of carboxylic acid groups (broad SMARTS) is 1. The third-order valence-corrected chi connectivity index (χ3v) is 2.48. The van der Waals surface area contributed by atoms with Crippen LogP contribution < -0.4 is 5.73 Å². The molecule has 0 aliphatic rings. The van der Waals surface area contributed by atoms with Gasteiger partial charge in [-0.2, -0.15) is 0 Å². The largest absolute Gasteiger partial charge is 0.478 e.